The standard InChI is InChI=1S/C6H9N3O3/c1-9-3-4(7-8-9)2-5(10)6(11)12/h3,5,10H,2H2,1H3,(H,11,12)/t5-/m1/s1. The molecule has 1 heterocycles. The molecule has 0 radical (unpaired) electrons. The number of carbonyl (C=O) groups is 1. The summed E-state index contributed by atoms with van der Waals surface area (Å²) in [6, 6.07) is 0. The van der Waals surface area contributed by atoms with E-state index in [1.165, 1.54) is 4.68 Å². The van der Waals surface area contributed by atoms with Crippen molar-refractivity contribution in [3.05, 3.63) is 11.9 Å². The average molecular weight is 171 g/mol. The molecule has 6 heteroatoms. The van der Waals surface area contributed by atoms with Crippen LogP contribution in [0, 0.1) is 0 Å². The molecule has 0 fully saturated rings. The topological polar surface area (TPSA) is 88.2 Å². The van der Waals surface area contributed by atoms with Crippen molar-refractivity contribution in [2.24, 2.45) is 7.05 Å². The van der Waals surface area contributed by atoms with Crippen LogP contribution in [0.5, 0.6) is 0 Å². The Kier molecular flexibility index (Phi) is 2.39. The lowest BCUT2D eigenvalue weighted by Gasteiger charge is -1.99. The molecular weight excluding hydrogens is 162 g/mol. The van der Waals surface area contributed by atoms with Gasteiger partial charge in [-0.25, -0.2) is 4.79 Å². The van der Waals surface area contributed by atoms with Gasteiger partial charge >= 0.3 is 5.97 Å². The van der Waals surface area contributed by atoms with Crippen LogP contribution < -0.4 is 0 Å². The van der Waals surface area contributed by atoms with Gasteiger partial charge in [0.15, 0.2) is 6.10 Å². The summed E-state index contributed by atoms with van der Waals surface area (Å²) in [5.41, 5.74) is 0.465. The van der Waals surface area contributed by atoms with Gasteiger partial charge < -0.3 is 10.2 Å². The van der Waals surface area contributed by atoms with Crippen LogP contribution in [0.25, 0.3) is 0 Å². The van der Waals surface area contributed by atoms with Crippen LogP contribution >= 0.6 is 0 Å². The number of carboxylic acids is 1. The molecular formula is C6H9N3O3. The molecule has 0 aliphatic carbocycles. The highest BCUT2D eigenvalue weighted by Crippen LogP contribution is 1.97. The van der Waals surface area contributed by atoms with E-state index in [1.807, 2.05) is 0 Å². The zero-order chi connectivity index (χ0) is 9.14. The molecule has 6 nitrogen and oxygen atoms in total. The number of rotatable bonds is 3. The van der Waals surface area contributed by atoms with Crippen LogP contribution in [0.2, 0.25) is 0 Å². The number of nitrogens with zero attached hydrogens (tertiary/aromatic N) is 3. The van der Waals surface area contributed by atoms with E-state index < -0.39 is 12.1 Å². The number of aliphatic hydroxyl groups excluding tert-OH is 1. The molecule has 1 rings (SSSR count). The summed E-state index contributed by atoms with van der Waals surface area (Å²) in [6.45, 7) is 0. The predicted octanol–water partition coefficient (Wildman–Crippen LogP) is -1.20. The average Bonchev–Trinajstić information content (AvgIpc) is 2.35. The number of aliphatic hydroxyl groups is 1. The summed E-state index contributed by atoms with van der Waals surface area (Å²) in [5.74, 6) is -1.25. The van der Waals surface area contributed by atoms with Gasteiger partial charge in [-0.05, 0) is 0 Å². The summed E-state index contributed by atoms with van der Waals surface area (Å²) < 4.78 is 1.45. The molecule has 0 saturated carbocycles. The van der Waals surface area contributed by atoms with Gasteiger partial charge in [-0.3, -0.25) is 4.68 Å². The Hall–Kier alpha value is -1.43. The van der Waals surface area contributed by atoms with Crippen molar-refractivity contribution >= 4 is 5.97 Å². The molecule has 0 saturated heterocycles. The second-order valence-corrected chi connectivity index (χ2v) is 2.44. The summed E-state index contributed by atoms with van der Waals surface area (Å²) in [5, 5.41) is 24.5. The fourth-order valence-electron chi connectivity index (χ4n) is 0.774. The van der Waals surface area contributed by atoms with Gasteiger partial charge in [0.2, 0.25) is 0 Å². The highest BCUT2D eigenvalue weighted by atomic mass is 16.4. The van der Waals surface area contributed by atoms with Crippen molar-refractivity contribution in [3.63, 3.8) is 0 Å². The zero-order valence-corrected chi connectivity index (χ0v) is 6.51. The lowest BCUT2D eigenvalue weighted by molar-refractivity contribution is -0.146. The van der Waals surface area contributed by atoms with Gasteiger partial charge in [0, 0.05) is 19.7 Å². The Labute approximate surface area is 68.4 Å². The number of aliphatic carboxylic acids is 1. The Balaban J connectivity index is 2.58. The summed E-state index contributed by atoms with van der Waals surface area (Å²) in [7, 11) is 1.67. The molecule has 1 atom stereocenters. The van der Waals surface area contributed by atoms with E-state index in [1.54, 1.807) is 13.2 Å². The molecule has 12 heavy (non-hydrogen) atoms. The van der Waals surface area contributed by atoms with Crippen LogP contribution in [0.4, 0.5) is 0 Å². The van der Waals surface area contributed by atoms with Gasteiger partial charge in [-0.2, -0.15) is 0 Å². The van der Waals surface area contributed by atoms with Crippen molar-refractivity contribution in [2.75, 3.05) is 0 Å². The van der Waals surface area contributed by atoms with E-state index in [2.05, 4.69) is 10.3 Å². The third-order valence-corrected chi connectivity index (χ3v) is 1.34. The van der Waals surface area contributed by atoms with Gasteiger partial charge in [-0.15, -0.1) is 5.10 Å². The number of aromatic nitrogens is 3. The van der Waals surface area contributed by atoms with Crippen LogP contribution in [-0.4, -0.2) is 37.3 Å². The highest BCUT2D eigenvalue weighted by Gasteiger charge is 2.15. The van der Waals surface area contributed by atoms with Gasteiger partial charge in [-0.1, -0.05) is 5.21 Å². The van der Waals surface area contributed by atoms with Gasteiger partial charge in [0.25, 0.3) is 0 Å². The predicted molar refractivity (Wildman–Crippen MR) is 38.3 cm³/mol. The fraction of sp³-hybridized carbons (Fsp3) is 0.500. The third-order valence-electron chi connectivity index (χ3n) is 1.34. The molecule has 0 amide bonds. The van der Waals surface area contributed by atoms with Crippen molar-refractivity contribution < 1.29 is 15.0 Å². The first-order valence-corrected chi connectivity index (χ1v) is 3.35. The second-order valence-electron chi connectivity index (χ2n) is 2.44. The number of hydrogen-bond acceptors (Lipinski definition) is 4. The fourth-order valence-corrected chi connectivity index (χ4v) is 0.774. The van der Waals surface area contributed by atoms with Crippen molar-refractivity contribution in [1.29, 1.82) is 0 Å². The Morgan fingerprint density at radius 2 is 2.50 bits per heavy atom. The zero-order valence-electron chi connectivity index (χ0n) is 6.51. The Morgan fingerprint density at radius 1 is 1.83 bits per heavy atom. The Morgan fingerprint density at radius 3 is 2.92 bits per heavy atom. The van der Waals surface area contributed by atoms with Crippen molar-refractivity contribution in [2.45, 2.75) is 12.5 Å². The number of aryl methyl sites for hydroxylation is 1. The normalized spacial score (nSPS) is 12.8. The Bertz CT molecular complexity index is 283. The smallest absolute Gasteiger partial charge is 0.332 e. The van der Waals surface area contributed by atoms with Crippen LogP contribution in [-0.2, 0) is 18.3 Å². The quantitative estimate of drug-likeness (QED) is 0.596. The lowest BCUT2D eigenvalue weighted by atomic mass is 10.2. The van der Waals surface area contributed by atoms with E-state index in [0.717, 1.165) is 0 Å². The molecule has 0 aliphatic heterocycles. The lowest BCUT2D eigenvalue weighted by Crippen LogP contribution is -2.22. The third kappa shape index (κ3) is 2.03. The molecule has 0 aromatic carbocycles. The van der Waals surface area contributed by atoms with Gasteiger partial charge in [0.05, 0.1) is 5.69 Å². The molecule has 0 unspecified atom stereocenters. The monoisotopic (exact) mass is 171 g/mol. The molecule has 1 aromatic rings. The molecule has 0 bridgehead atoms. The SMILES string of the molecule is Cn1cc(C[C@@H](O)C(=O)O)nn1. The second kappa shape index (κ2) is 3.31. The summed E-state index contributed by atoms with van der Waals surface area (Å²) in [6.07, 6.45) is 0.150. The van der Waals surface area contributed by atoms with Crippen LogP contribution in [0.15, 0.2) is 6.20 Å². The van der Waals surface area contributed by atoms with Crippen LogP contribution in [0.1, 0.15) is 5.69 Å². The van der Waals surface area contributed by atoms with Crippen molar-refractivity contribution in [3.8, 4) is 0 Å². The van der Waals surface area contributed by atoms with E-state index >= 15 is 0 Å². The molecule has 66 valence electrons. The maximum absolute atomic E-state index is 10.2. The number of carboxylic acid groups (broad SMARTS) is 1. The summed E-state index contributed by atoms with van der Waals surface area (Å²) >= 11 is 0. The largest absolute Gasteiger partial charge is 0.479 e. The minimum absolute atomic E-state index is 0.0107. The van der Waals surface area contributed by atoms with Gasteiger partial charge in [0.1, 0.15) is 0 Å². The highest BCUT2D eigenvalue weighted by molar-refractivity contribution is 5.72. The minimum atomic E-state index is -1.40. The van der Waals surface area contributed by atoms with E-state index in [9.17, 15) is 4.79 Å². The first-order valence-electron chi connectivity index (χ1n) is 3.35. The van der Waals surface area contributed by atoms with E-state index in [4.69, 9.17) is 10.2 Å². The maximum Gasteiger partial charge on any atom is 0.332 e. The number of hydrogen-bond donors (Lipinski definition) is 2. The summed E-state index contributed by atoms with van der Waals surface area (Å²) in [4.78, 5) is 10.2. The molecule has 1 aromatic heterocycles. The van der Waals surface area contributed by atoms with Crippen LogP contribution in [0.3, 0.4) is 0 Å². The molecule has 2 N–H and O–H groups in total. The maximum atomic E-state index is 10.2. The van der Waals surface area contributed by atoms with Crippen molar-refractivity contribution in [1.82, 2.24) is 15.0 Å². The minimum Gasteiger partial charge on any atom is -0.479 e. The molecule has 0 aliphatic rings. The molecule has 0 spiro atoms. The van der Waals surface area contributed by atoms with E-state index in [-0.39, 0.29) is 6.42 Å². The first kappa shape index (κ1) is 8.66. The van der Waals surface area contributed by atoms with E-state index in [0.29, 0.717) is 5.69 Å². The first-order chi connectivity index (χ1) is 5.59.